The van der Waals surface area contributed by atoms with E-state index in [2.05, 4.69) is 36.5 Å². The highest BCUT2D eigenvalue weighted by Crippen LogP contribution is 2.30. The van der Waals surface area contributed by atoms with Crippen molar-refractivity contribution in [2.24, 2.45) is 0 Å². The minimum Gasteiger partial charge on any atom is -0.358 e. The summed E-state index contributed by atoms with van der Waals surface area (Å²) >= 11 is 5.82. The molecule has 0 saturated carbocycles. The molecular formula is C19H21ClN2O2S. The van der Waals surface area contributed by atoms with E-state index in [1.54, 1.807) is 18.2 Å². The minimum absolute atomic E-state index is 0.0436. The maximum absolute atomic E-state index is 12.5. The molecular weight excluding hydrogens is 356 g/mol. The fourth-order valence-electron chi connectivity index (χ4n) is 2.58. The first-order chi connectivity index (χ1) is 11.7. The Balaban J connectivity index is 1.93. The number of benzene rings is 2. The Morgan fingerprint density at radius 1 is 1.08 bits per heavy atom. The Labute approximate surface area is 153 Å². The van der Waals surface area contributed by atoms with E-state index < -0.39 is 10.0 Å². The van der Waals surface area contributed by atoms with Crippen LogP contribution in [0.1, 0.15) is 32.9 Å². The molecule has 0 aliphatic carbocycles. The molecule has 0 amide bonds. The zero-order valence-electron chi connectivity index (χ0n) is 14.4. The summed E-state index contributed by atoms with van der Waals surface area (Å²) in [6.07, 6.45) is 1.01. The lowest BCUT2D eigenvalue weighted by Gasteiger charge is -2.20. The Kier molecular flexibility index (Phi) is 4.56. The molecule has 0 atom stereocenters. The number of sulfonamides is 1. The van der Waals surface area contributed by atoms with Crippen LogP contribution in [-0.2, 0) is 15.4 Å². The summed E-state index contributed by atoms with van der Waals surface area (Å²) < 4.78 is 27.6. The van der Waals surface area contributed by atoms with Crippen LogP contribution < -0.4 is 4.72 Å². The summed E-state index contributed by atoms with van der Waals surface area (Å²) in [6.45, 7) is 6.51. The highest BCUT2D eigenvalue weighted by atomic mass is 35.5. The summed E-state index contributed by atoms with van der Waals surface area (Å²) in [7, 11) is -3.64. The van der Waals surface area contributed by atoms with Crippen LogP contribution >= 0.6 is 11.6 Å². The van der Waals surface area contributed by atoms with Gasteiger partial charge in [0.2, 0.25) is 0 Å². The van der Waals surface area contributed by atoms with E-state index in [0.29, 0.717) is 10.7 Å². The molecule has 3 rings (SSSR count). The second kappa shape index (κ2) is 6.39. The van der Waals surface area contributed by atoms with Gasteiger partial charge in [0.15, 0.2) is 0 Å². The van der Waals surface area contributed by atoms with Crippen LogP contribution in [0.2, 0.25) is 5.02 Å². The van der Waals surface area contributed by atoms with Crippen LogP contribution in [0.5, 0.6) is 0 Å². The third-order valence-electron chi connectivity index (χ3n) is 4.61. The number of halogens is 1. The normalized spacial score (nSPS) is 12.5. The number of hydrogen-bond acceptors (Lipinski definition) is 2. The first-order valence-electron chi connectivity index (χ1n) is 8.13. The number of aromatic amines is 1. The molecule has 0 radical (unpaired) electrons. The van der Waals surface area contributed by atoms with Crippen LogP contribution in [0.3, 0.4) is 0 Å². The summed E-state index contributed by atoms with van der Waals surface area (Å²) in [6, 6.07) is 13.7. The van der Waals surface area contributed by atoms with Crippen molar-refractivity contribution in [1.29, 1.82) is 0 Å². The van der Waals surface area contributed by atoms with E-state index in [1.165, 1.54) is 12.1 Å². The molecule has 0 fully saturated rings. The fourth-order valence-corrected chi connectivity index (χ4v) is 3.75. The smallest absolute Gasteiger partial charge is 0.261 e. The molecule has 0 saturated heterocycles. The molecule has 2 aromatic carbocycles. The van der Waals surface area contributed by atoms with Gasteiger partial charge >= 0.3 is 0 Å². The van der Waals surface area contributed by atoms with Gasteiger partial charge in [-0.3, -0.25) is 4.72 Å². The maximum Gasteiger partial charge on any atom is 0.261 e. The molecule has 0 unspecified atom stereocenters. The lowest BCUT2D eigenvalue weighted by atomic mass is 9.86. The van der Waals surface area contributed by atoms with Gasteiger partial charge in [0.25, 0.3) is 10.0 Å². The van der Waals surface area contributed by atoms with Gasteiger partial charge in [-0.15, -0.1) is 0 Å². The minimum atomic E-state index is -3.64. The number of H-pyrrole nitrogens is 1. The van der Waals surface area contributed by atoms with Crippen molar-refractivity contribution in [3.63, 3.8) is 0 Å². The molecule has 1 aromatic heterocycles. The highest BCUT2D eigenvalue weighted by Gasteiger charge is 2.20. The molecule has 0 bridgehead atoms. The van der Waals surface area contributed by atoms with Crippen molar-refractivity contribution >= 4 is 38.2 Å². The van der Waals surface area contributed by atoms with E-state index in [-0.39, 0.29) is 10.3 Å². The van der Waals surface area contributed by atoms with E-state index in [1.807, 2.05) is 12.1 Å². The van der Waals surface area contributed by atoms with Crippen molar-refractivity contribution in [2.75, 3.05) is 4.72 Å². The van der Waals surface area contributed by atoms with Crippen LogP contribution in [0.25, 0.3) is 10.9 Å². The summed E-state index contributed by atoms with van der Waals surface area (Å²) in [5, 5.41) is 1.48. The Bertz CT molecular complexity index is 1010. The number of anilines is 1. The molecule has 3 aromatic rings. The monoisotopic (exact) mass is 376 g/mol. The summed E-state index contributed by atoms with van der Waals surface area (Å²) in [4.78, 5) is 3.60. The van der Waals surface area contributed by atoms with Crippen molar-refractivity contribution < 1.29 is 8.42 Å². The molecule has 25 heavy (non-hydrogen) atoms. The number of aromatic nitrogens is 1. The lowest BCUT2D eigenvalue weighted by molar-refractivity contribution is 0.494. The third kappa shape index (κ3) is 3.67. The number of nitrogens with one attached hydrogen (secondary N) is 2. The van der Waals surface area contributed by atoms with Crippen LogP contribution in [0.4, 0.5) is 5.69 Å². The van der Waals surface area contributed by atoms with E-state index in [4.69, 9.17) is 11.6 Å². The van der Waals surface area contributed by atoms with Gasteiger partial charge in [-0.25, -0.2) is 8.42 Å². The van der Waals surface area contributed by atoms with Gasteiger partial charge in [-0.1, -0.05) is 32.4 Å². The molecule has 4 nitrogen and oxygen atoms in total. The molecule has 6 heteroatoms. The van der Waals surface area contributed by atoms with Gasteiger partial charge in [-0.2, -0.15) is 0 Å². The second-order valence-electron chi connectivity index (χ2n) is 6.78. The third-order valence-corrected chi connectivity index (χ3v) is 6.26. The molecule has 0 aliphatic rings. The first kappa shape index (κ1) is 17.8. The number of fused-ring (bicyclic) bond motifs is 1. The SMILES string of the molecule is CCC(C)(C)c1cc2cc(NS(=O)(=O)c3ccc(Cl)cc3)ccc2[nH]1. The topological polar surface area (TPSA) is 62.0 Å². The predicted octanol–water partition coefficient (Wildman–Crippen LogP) is 5.31. The van der Waals surface area contributed by atoms with Crippen molar-refractivity contribution in [2.45, 2.75) is 37.5 Å². The van der Waals surface area contributed by atoms with Gasteiger partial charge < -0.3 is 4.98 Å². The van der Waals surface area contributed by atoms with E-state index >= 15 is 0 Å². The Morgan fingerprint density at radius 2 is 1.76 bits per heavy atom. The second-order valence-corrected chi connectivity index (χ2v) is 8.90. The van der Waals surface area contributed by atoms with Gasteiger partial charge in [0.05, 0.1) is 4.90 Å². The van der Waals surface area contributed by atoms with Gasteiger partial charge in [-0.05, 0) is 55.0 Å². The van der Waals surface area contributed by atoms with Crippen molar-refractivity contribution in [3.8, 4) is 0 Å². The number of rotatable bonds is 5. The standard InChI is InChI=1S/C19H21ClN2O2S/c1-4-19(2,3)18-12-13-11-15(7-10-17(13)21-18)22-25(23,24)16-8-5-14(20)6-9-16/h5-12,21-22H,4H2,1-3H3. The Morgan fingerprint density at radius 3 is 2.40 bits per heavy atom. The van der Waals surface area contributed by atoms with Crippen LogP contribution in [0.15, 0.2) is 53.4 Å². The average Bonchev–Trinajstić information content (AvgIpc) is 2.99. The highest BCUT2D eigenvalue weighted by molar-refractivity contribution is 7.92. The maximum atomic E-state index is 12.5. The van der Waals surface area contributed by atoms with E-state index in [0.717, 1.165) is 23.0 Å². The van der Waals surface area contributed by atoms with Crippen molar-refractivity contribution in [3.05, 3.63) is 59.2 Å². The molecule has 132 valence electrons. The van der Waals surface area contributed by atoms with Crippen molar-refractivity contribution in [1.82, 2.24) is 4.98 Å². The zero-order valence-corrected chi connectivity index (χ0v) is 16.0. The molecule has 1 heterocycles. The largest absolute Gasteiger partial charge is 0.358 e. The van der Waals surface area contributed by atoms with Gasteiger partial charge in [0.1, 0.15) is 0 Å². The zero-order chi connectivity index (χ0) is 18.2. The predicted molar refractivity (Wildman–Crippen MR) is 104 cm³/mol. The molecule has 0 aliphatic heterocycles. The quantitative estimate of drug-likeness (QED) is 0.633. The summed E-state index contributed by atoms with van der Waals surface area (Å²) in [5.74, 6) is 0. The number of hydrogen-bond donors (Lipinski definition) is 2. The van der Waals surface area contributed by atoms with E-state index in [9.17, 15) is 8.42 Å². The lowest BCUT2D eigenvalue weighted by Crippen LogP contribution is -2.15. The molecule has 2 N–H and O–H groups in total. The average molecular weight is 377 g/mol. The first-order valence-corrected chi connectivity index (χ1v) is 9.99. The van der Waals surface area contributed by atoms with Crippen LogP contribution in [0, 0.1) is 0 Å². The van der Waals surface area contributed by atoms with Gasteiger partial charge in [0, 0.05) is 32.7 Å². The summed E-state index contributed by atoms with van der Waals surface area (Å²) in [5.41, 5.74) is 2.71. The molecule has 0 spiro atoms. The van der Waals surface area contributed by atoms with Crippen LogP contribution in [-0.4, -0.2) is 13.4 Å². The fraction of sp³-hybridized carbons (Fsp3) is 0.263. The Hall–Kier alpha value is -1.98.